The van der Waals surface area contributed by atoms with Crippen molar-refractivity contribution >= 4 is 27.4 Å². The lowest BCUT2D eigenvalue weighted by atomic mass is 10.2. The predicted molar refractivity (Wildman–Crippen MR) is 83.9 cm³/mol. The van der Waals surface area contributed by atoms with E-state index >= 15 is 0 Å². The maximum absolute atomic E-state index is 4.37. The van der Waals surface area contributed by atoms with Crippen LogP contribution >= 0.6 is 11.3 Å². The van der Waals surface area contributed by atoms with E-state index in [1.54, 1.807) is 23.9 Å². The summed E-state index contributed by atoms with van der Waals surface area (Å²) in [6.07, 6.45) is 5.45. The fraction of sp³-hybridized carbons (Fsp3) is 0.267. The van der Waals surface area contributed by atoms with Gasteiger partial charge in [-0.05, 0) is 29.5 Å². The molecule has 3 aromatic heterocycles. The Kier molecular flexibility index (Phi) is 4.25. The number of nitrogens with zero attached hydrogens (tertiary/aromatic N) is 5. The molecule has 0 amide bonds. The van der Waals surface area contributed by atoms with Crippen molar-refractivity contribution < 1.29 is 0 Å². The minimum absolute atomic E-state index is 0.458. The van der Waals surface area contributed by atoms with E-state index in [9.17, 15) is 0 Å². The lowest BCUT2D eigenvalue weighted by Gasteiger charge is -1.97. The van der Waals surface area contributed by atoms with Gasteiger partial charge >= 0.3 is 0 Å². The molecule has 0 bridgehead atoms. The van der Waals surface area contributed by atoms with E-state index in [-0.39, 0.29) is 0 Å². The molecule has 0 unspecified atom stereocenters. The first-order chi connectivity index (χ1) is 10.4. The summed E-state index contributed by atoms with van der Waals surface area (Å²) >= 11 is 1.63. The Morgan fingerprint density at radius 1 is 1.19 bits per heavy atom. The van der Waals surface area contributed by atoms with E-state index < -0.39 is 0 Å². The van der Waals surface area contributed by atoms with Gasteiger partial charge in [0.25, 0.3) is 0 Å². The maximum Gasteiger partial charge on any atom is 0.195 e. The molecule has 21 heavy (non-hydrogen) atoms. The number of aromatic nitrogens is 3. The van der Waals surface area contributed by atoms with Crippen molar-refractivity contribution in [3.63, 3.8) is 0 Å². The van der Waals surface area contributed by atoms with E-state index in [2.05, 4.69) is 37.5 Å². The quantitative estimate of drug-likeness (QED) is 0.659. The zero-order valence-electron chi connectivity index (χ0n) is 11.7. The van der Waals surface area contributed by atoms with Crippen molar-refractivity contribution in [2.75, 3.05) is 0 Å². The van der Waals surface area contributed by atoms with E-state index in [1.165, 1.54) is 5.56 Å². The van der Waals surface area contributed by atoms with Crippen LogP contribution < -0.4 is 0 Å². The van der Waals surface area contributed by atoms with Gasteiger partial charge in [-0.3, -0.25) is 4.98 Å². The number of fused-ring (bicyclic) bond motifs is 1. The molecular formula is C15H15N5S. The van der Waals surface area contributed by atoms with Gasteiger partial charge in [0, 0.05) is 6.20 Å². The molecule has 0 saturated heterocycles. The summed E-state index contributed by atoms with van der Waals surface area (Å²) in [7, 11) is 0. The third-order valence-corrected chi connectivity index (χ3v) is 4.07. The number of rotatable bonds is 5. The molecule has 0 N–H and O–H groups in total. The SMILES string of the molecule is CCCc1csc2c(N=NCc3ccccn3)ncnc12. The van der Waals surface area contributed by atoms with Crippen molar-refractivity contribution in [1.29, 1.82) is 0 Å². The Labute approximate surface area is 126 Å². The molecule has 0 spiro atoms. The molecule has 0 fully saturated rings. The monoisotopic (exact) mass is 297 g/mol. The van der Waals surface area contributed by atoms with E-state index in [4.69, 9.17) is 0 Å². The molecule has 6 heteroatoms. The highest BCUT2D eigenvalue weighted by atomic mass is 32.1. The summed E-state index contributed by atoms with van der Waals surface area (Å²) in [4.78, 5) is 12.8. The summed E-state index contributed by atoms with van der Waals surface area (Å²) in [5, 5.41) is 10.6. The van der Waals surface area contributed by atoms with Crippen LogP contribution in [0.4, 0.5) is 5.82 Å². The van der Waals surface area contributed by atoms with Gasteiger partial charge in [-0.15, -0.1) is 16.5 Å². The van der Waals surface area contributed by atoms with Crippen molar-refractivity contribution in [3.05, 3.63) is 47.4 Å². The smallest absolute Gasteiger partial charge is 0.195 e. The maximum atomic E-state index is 4.37. The molecule has 5 nitrogen and oxygen atoms in total. The van der Waals surface area contributed by atoms with Crippen LogP contribution in [0.1, 0.15) is 24.6 Å². The average Bonchev–Trinajstić information content (AvgIpc) is 2.93. The lowest BCUT2D eigenvalue weighted by Crippen LogP contribution is -1.86. The summed E-state index contributed by atoms with van der Waals surface area (Å²) in [5.74, 6) is 0.642. The van der Waals surface area contributed by atoms with E-state index in [1.807, 2.05) is 18.2 Å². The van der Waals surface area contributed by atoms with Gasteiger partial charge in [0.1, 0.15) is 12.9 Å². The van der Waals surface area contributed by atoms with Crippen LogP contribution in [0.25, 0.3) is 10.2 Å². The van der Waals surface area contributed by atoms with Crippen molar-refractivity contribution in [2.45, 2.75) is 26.3 Å². The van der Waals surface area contributed by atoms with Gasteiger partial charge < -0.3 is 0 Å². The largest absolute Gasteiger partial charge is 0.259 e. The zero-order valence-corrected chi connectivity index (χ0v) is 12.5. The lowest BCUT2D eigenvalue weighted by molar-refractivity contribution is 0.907. The normalized spacial score (nSPS) is 11.5. The molecule has 0 aliphatic rings. The number of aryl methyl sites for hydroxylation is 1. The third kappa shape index (κ3) is 3.11. The number of hydrogen-bond donors (Lipinski definition) is 0. The van der Waals surface area contributed by atoms with Crippen LogP contribution in [0.3, 0.4) is 0 Å². The molecule has 3 rings (SSSR count). The minimum atomic E-state index is 0.458. The van der Waals surface area contributed by atoms with Gasteiger partial charge in [-0.1, -0.05) is 19.4 Å². The Bertz CT molecular complexity index is 751. The molecule has 3 aromatic rings. The Balaban J connectivity index is 1.84. The fourth-order valence-corrected chi connectivity index (χ4v) is 3.06. The number of pyridine rings is 1. The van der Waals surface area contributed by atoms with Crippen molar-refractivity contribution in [1.82, 2.24) is 15.0 Å². The second-order valence-electron chi connectivity index (χ2n) is 4.61. The third-order valence-electron chi connectivity index (χ3n) is 3.05. The van der Waals surface area contributed by atoms with Gasteiger partial charge in [0.15, 0.2) is 5.82 Å². The van der Waals surface area contributed by atoms with Gasteiger partial charge in [-0.25, -0.2) is 9.97 Å². The average molecular weight is 297 g/mol. The minimum Gasteiger partial charge on any atom is -0.259 e. The highest BCUT2D eigenvalue weighted by Crippen LogP contribution is 2.31. The molecule has 0 atom stereocenters. The van der Waals surface area contributed by atoms with Crippen molar-refractivity contribution in [2.24, 2.45) is 10.2 Å². The number of hydrogen-bond acceptors (Lipinski definition) is 6. The van der Waals surface area contributed by atoms with Gasteiger partial charge in [0.2, 0.25) is 0 Å². The van der Waals surface area contributed by atoms with Crippen LogP contribution in [0.2, 0.25) is 0 Å². The fourth-order valence-electron chi connectivity index (χ4n) is 2.07. The van der Waals surface area contributed by atoms with Crippen LogP contribution in [-0.4, -0.2) is 15.0 Å². The van der Waals surface area contributed by atoms with E-state index in [0.717, 1.165) is 28.8 Å². The van der Waals surface area contributed by atoms with Crippen LogP contribution in [0.5, 0.6) is 0 Å². The second kappa shape index (κ2) is 6.49. The first-order valence-electron chi connectivity index (χ1n) is 6.87. The van der Waals surface area contributed by atoms with Crippen LogP contribution in [-0.2, 0) is 13.0 Å². The summed E-state index contributed by atoms with van der Waals surface area (Å²) in [6, 6.07) is 5.76. The Hall–Kier alpha value is -2.21. The molecular weight excluding hydrogens is 282 g/mol. The number of azo groups is 1. The molecule has 0 aromatic carbocycles. The topological polar surface area (TPSA) is 63.4 Å². The molecule has 0 saturated carbocycles. The molecule has 0 radical (unpaired) electrons. The highest BCUT2D eigenvalue weighted by molar-refractivity contribution is 7.17. The summed E-state index contributed by atoms with van der Waals surface area (Å²) < 4.78 is 1.01. The van der Waals surface area contributed by atoms with Gasteiger partial charge in [-0.2, -0.15) is 5.11 Å². The highest BCUT2D eigenvalue weighted by Gasteiger charge is 2.09. The van der Waals surface area contributed by atoms with Crippen LogP contribution in [0, 0.1) is 0 Å². The molecule has 0 aliphatic heterocycles. The van der Waals surface area contributed by atoms with Gasteiger partial charge in [0.05, 0.1) is 15.9 Å². The first kappa shape index (κ1) is 13.8. The second-order valence-corrected chi connectivity index (χ2v) is 5.49. The summed E-state index contributed by atoms with van der Waals surface area (Å²) in [6.45, 7) is 2.62. The Morgan fingerprint density at radius 3 is 2.95 bits per heavy atom. The van der Waals surface area contributed by atoms with Crippen molar-refractivity contribution in [3.8, 4) is 0 Å². The molecule has 106 valence electrons. The van der Waals surface area contributed by atoms with Crippen LogP contribution in [0.15, 0.2) is 46.3 Å². The zero-order chi connectivity index (χ0) is 14.5. The number of thiophene rings is 1. The summed E-state index contributed by atoms with van der Waals surface area (Å²) in [5.41, 5.74) is 3.16. The Morgan fingerprint density at radius 2 is 2.14 bits per heavy atom. The first-order valence-corrected chi connectivity index (χ1v) is 7.75. The van der Waals surface area contributed by atoms with E-state index in [0.29, 0.717) is 12.4 Å². The molecule has 3 heterocycles. The molecule has 0 aliphatic carbocycles. The predicted octanol–water partition coefficient (Wildman–Crippen LogP) is 4.32. The standard InChI is InChI=1S/C15H15N5S/c1-2-5-11-9-21-14-13(11)17-10-18-15(14)20-19-8-12-6-3-4-7-16-12/h3-4,6-7,9-10H,2,5,8H2,1H3.